The van der Waals surface area contributed by atoms with Gasteiger partial charge < -0.3 is 0 Å². The minimum absolute atomic E-state index is 0.0417. The number of hydrogen-bond donors (Lipinski definition) is 1. The molecule has 1 rings (SSSR count). The van der Waals surface area contributed by atoms with E-state index in [1.54, 1.807) is 24.3 Å². The number of nitrogens with one attached hydrogen (secondary N) is 1. The first-order valence-electron chi connectivity index (χ1n) is 5.10. The summed E-state index contributed by atoms with van der Waals surface area (Å²) < 4.78 is 26.8. The highest BCUT2D eigenvalue weighted by Crippen LogP contribution is 2.07. The fourth-order valence-corrected chi connectivity index (χ4v) is 2.81. The summed E-state index contributed by atoms with van der Waals surface area (Å²) in [6.45, 7) is 0.474. The monoisotopic (exact) mass is 364 g/mol. The predicted molar refractivity (Wildman–Crippen MR) is 75.3 cm³/mol. The summed E-state index contributed by atoms with van der Waals surface area (Å²) in [6.07, 6.45) is 0.827. The van der Waals surface area contributed by atoms with Gasteiger partial charge in [0.1, 0.15) is 0 Å². The number of nitrogens with zero attached hydrogens (tertiary/aromatic N) is 1. The topological polar surface area (TPSA) is 70.0 Å². The highest BCUT2D eigenvalue weighted by Gasteiger charge is 2.10. The molecule has 0 aliphatic carbocycles. The maximum atomic E-state index is 11.7. The van der Waals surface area contributed by atoms with Crippen LogP contribution in [0.1, 0.15) is 17.5 Å². The van der Waals surface area contributed by atoms with Crippen LogP contribution in [0.4, 0.5) is 0 Å². The van der Waals surface area contributed by atoms with Crippen molar-refractivity contribution in [3.8, 4) is 6.07 Å². The van der Waals surface area contributed by atoms with E-state index in [9.17, 15) is 8.42 Å². The van der Waals surface area contributed by atoms with E-state index in [0.717, 1.165) is 10.8 Å². The van der Waals surface area contributed by atoms with Gasteiger partial charge in [-0.15, -0.1) is 0 Å². The number of hydrogen-bond acceptors (Lipinski definition) is 3. The third kappa shape index (κ3) is 5.48. The van der Waals surface area contributed by atoms with E-state index in [1.165, 1.54) is 0 Å². The zero-order valence-electron chi connectivity index (χ0n) is 9.19. The second-order valence-corrected chi connectivity index (χ2v) is 6.39. The van der Waals surface area contributed by atoms with E-state index in [1.807, 2.05) is 6.07 Å². The van der Waals surface area contributed by atoms with Crippen LogP contribution in [-0.2, 0) is 15.8 Å². The zero-order chi connectivity index (χ0) is 12.7. The lowest BCUT2D eigenvalue weighted by Crippen LogP contribution is -2.26. The third-order valence-corrected chi connectivity index (χ3v) is 4.19. The average molecular weight is 364 g/mol. The van der Waals surface area contributed by atoms with Gasteiger partial charge in [-0.2, -0.15) is 5.26 Å². The molecule has 0 heterocycles. The van der Waals surface area contributed by atoms with Crippen molar-refractivity contribution in [1.29, 1.82) is 5.26 Å². The Morgan fingerprint density at radius 3 is 2.47 bits per heavy atom. The molecular formula is C11H13IN2O2S. The first-order valence-corrected chi connectivity index (χ1v) is 8.27. The summed E-state index contributed by atoms with van der Waals surface area (Å²) in [4.78, 5) is 0. The van der Waals surface area contributed by atoms with Crippen molar-refractivity contribution < 1.29 is 8.42 Å². The van der Waals surface area contributed by atoms with Gasteiger partial charge in [0.15, 0.2) is 0 Å². The quantitative estimate of drug-likeness (QED) is 0.476. The van der Waals surface area contributed by atoms with Gasteiger partial charge >= 0.3 is 0 Å². The second-order valence-electron chi connectivity index (χ2n) is 3.50. The maximum absolute atomic E-state index is 11.7. The normalized spacial score (nSPS) is 11.1. The summed E-state index contributed by atoms with van der Waals surface area (Å²) in [5.41, 5.74) is 1.22. The molecule has 0 fully saturated rings. The standard InChI is InChI=1S/C11H13IN2O2S/c12-6-1-7-14-17(15,16)9-11-4-2-10(8-13)3-5-11/h2-5,14H,1,6-7,9H2. The Labute approximate surface area is 115 Å². The summed E-state index contributed by atoms with van der Waals surface area (Å²) in [7, 11) is -3.26. The van der Waals surface area contributed by atoms with Crippen molar-refractivity contribution in [2.24, 2.45) is 0 Å². The van der Waals surface area contributed by atoms with E-state index in [0.29, 0.717) is 17.7 Å². The van der Waals surface area contributed by atoms with Crippen molar-refractivity contribution in [3.05, 3.63) is 35.4 Å². The molecule has 0 aliphatic heterocycles. The number of sulfonamides is 1. The molecule has 6 heteroatoms. The lowest BCUT2D eigenvalue weighted by atomic mass is 10.2. The first kappa shape index (κ1) is 14.4. The van der Waals surface area contributed by atoms with E-state index in [-0.39, 0.29) is 5.75 Å². The molecule has 1 aromatic rings. The molecular weight excluding hydrogens is 351 g/mol. The van der Waals surface area contributed by atoms with Crippen LogP contribution < -0.4 is 4.72 Å². The SMILES string of the molecule is N#Cc1ccc(CS(=O)(=O)NCCCI)cc1. The first-order chi connectivity index (χ1) is 8.07. The van der Waals surface area contributed by atoms with Crippen LogP contribution in [0.2, 0.25) is 0 Å². The van der Waals surface area contributed by atoms with Gasteiger partial charge in [0.2, 0.25) is 10.0 Å². The zero-order valence-corrected chi connectivity index (χ0v) is 12.2. The van der Waals surface area contributed by atoms with E-state index >= 15 is 0 Å². The Hall–Kier alpha value is -0.650. The van der Waals surface area contributed by atoms with Crippen molar-refractivity contribution in [2.75, 3.05) is 11.0 Å². The van der Waals surface area contributed by atoms with Crippen molar-refractivity contribution in [1.82, 2.24) is 4.72 Å². The van der Waals surface area contributed by atoms with E-state index in [2.05, 4.69) is 27.3 Å². The third-order valence-electron chi connectivity index (χ3n) is 2.07. The number of benzene rings is 1. The van der Waals surface area contributed by atoms with Crippen LogP contribution in [0.5, 0.6) is 0 Å². The molecule has 0 radical (unpaired) electrons. The molecule has 0 unspecified atom stereocenters. The second kappa shape index (κ2) is 6.93. The minimum atomic E-state index is -3.26. The minimum Gasteiger partial charge on any atom is -0.215 e. The predicted octanol–water partition coefficient (Wildman–Crippen LogP) is 1.80. The van der Waals surface area contributed by atoms with Crippen LogP contribution in [0, 0.1) is 11.3 Å². The van der Waals surface area contributed by atoms with Crippen molar-refractivity contribution >= 4 is 32.6 Å². The number of halogens is 1. The van der Waals surface area contributed by atoms with Crippen molar-refractivity contribution in [3.63, 3.8) is 0 Å². The molecule has 0 bridgehead atoms. The molecule has 92 valence electrons. The highest BCUT2D eigenvalue weighted by molar-refractivity contribution is 14.1. The Kier molecular flexibility index (Phi) is 5.88. The Bertz CT molecular complexity index is 491. The highest BCUT2D eigenvalue weighted by atomic mass is 127. The molecule has 1 N–H and O–H groups in total. The average Bonchev–Trinajstić information content (AvgIpc) is 2.30. The number of nitriles is 1. The molecule has 0 aliphatic rings. The molecule has 0 saturated heterocycles. The summed E-state index contributed by atoms with van der Waals surface area (Å²) in [5, 5.41) is 8.62. The molecule has 0 spiro atoms. The fourth-order valence-electron chi connectivity index (χ4n) is 1.24. The van der Waals surface area contributed by atoms with Gasteiger partial charge in [-0.1, -0.05) is 34.7 Å². The fraction of sp³-hybridized carbons (Fsp3) is 0.364. The van der Waals surface area contributed by atoms with Gasteiger partial charge in [-0.05, 0) is 24.1 Å². The van der Waals surface area contributed by atoms with Crippen LogP contribution >= 0.6 is 22.6 Å². The van der Waals surface area contributed by atoms with Gasteiger partial charge in [0.05, 0.1) is 17.4 Å². The molecule has 0 amide bonds. The van der Waals surface area contributed by atoms with Gasteiger partial charge in [-0.3, -0.25) is 0 Å². The van der Waals surface area contributed by atoms with Gasteiger partial charge in [0, 0.05) is 11.0 Å². The van der Waals surface area contributed by atoms with Crippen LogP contribution in [-0.4, -0.2) is 19.4 Å². The Morgan fingerprint density at radius 1 is 1.29 bits per heavy atom. The summed E-state index contributed by atoms with van der Waals surface area (Å²) in [6, 6.07) is 8.56. The summed E-state index contributed by atoms with van der Waals surface area (Å²) in [5.74, 6) is -0.0417. The largest absolute Gasteiger partial charge is 0.215 e. The molecule has 17 heavy (non-hydrogen) atoms. The van der Waals surface area contributed by atoms with Crippen molar-refractivity contribution in [2.45, 2.75) is 12.2 Å². The van der Waals surface area contributed by atoms with Crippen LogP contribution in [0.15, 0.2) is 24.3 Å². The Morgan fingerprint density at radius 2 is 1.94 bits per heavy atom. The lowest BCUT2D eigenvalue weighted by molar-refractivity contribution is 0.580. The number of rotatable bonds is 6. The molecule has 1 aromatic carbocycles. The van der Waals surface area contributed by atoms with Crippen LogP contribution in [0.3, 0.4) is 0 Å². The molecule has 0 aromatic heterocycles. The van der Waals surface area contributed by atoms with Gasteiger partial charge in [-0.25, -0.2) is 13.1 Å². The number of alkyl halides is 1. The Balaban J connectivity index is 2.60. The maximum Gasteiger partial charge on any atom is 0.215 e. The lowest BCUT2D eigenvalue weighted by Gasteiger charge is -2.05. The smallest absolute Gasteiger partial charge is 0.215 e. The van der Waals surface area contributed by atoms with Crippen LogP contribution in [0.25, 0.3) is 0 Å². The molecule has 4 nitrogen and oxygen atoms in total. The molecule has 0 saturated carbocycles. The summed E-state index contributed by atoms with van der Waals surface area (Å²) >= 11 is 2.20. The van der Waals surface area contributed by atoms with E-state index in [4.69, 9.17) is 5.26 Å². The van der Waals surface area contributed by atoms with E-state index < -0.39 is 10.0 Å². The van der Waals surface area contributed by atoms with Gasteiger partial charge in [0.25, 0.3) is 0 Å². The molecule has 0 atom stereocenters.